The third kappa shape index (κ3) is 5.18. The number of thioether (sulfide) groups is 1. The van der Waals surface area contributed by atoms with Crippen LogP contribution in [-0.2, 0) is 4.79 Å². The highest BCUT2D eigenvalue weighted by molar-refractivity contribution is 9.10. The Morgan fingerprint density at radius 1 is 1.17 bits per heavy atom. The van der Waals surface area contributed by atoms with Crippen LogP contribution in [0.1, 0.15) is 18.5 Å². The van der Waals surface area contributed by atoms with Crippen LogP contribution in [0, 0.1) is 0 Å². The molecular weight excluding hydrogens is 390 g/mol. The average Bonchev–Trinajstić information content (AvgIpc) is 2.60. The maximum atomic E-state index is 12.2. The van der Waals surface area contributed by atoms with Crippen molar-refractivity contribution in [2.45, 2.75) is 17.9 Å². The molecule has 0 radical (unpaired) electrons. The first kappa shape index (κ1) is 18.7. The molecule has 128 valence electrons. The third-order valence-electron chi connectivity index (χ3n) is 3.46. The summed E-state index contributed by atoms with van der Waals surface area (Å²) < 4.78 is 11.6. The number of methoxy groups -OCH3 is 2. The smallest absolute Gasteiger partial charge is 0.230 e. The zero-order valence-corrected chi connectivity index (χ0v) is 16.2. The minimum absolute atomic E-state index is 0.0275. The van der Waals surface area contributed by atoms with E-state index < -0.39 is 0 Å². The van der Waals surface area contributed by atoms with Crippen LogP contribution in [0.3, 0.4) is 0 Å². The van der Waals surface area contributed by atoms with E-state index in [0.717, 1.165) is 26.4 Å². The molecule has 1 N–H and O–H groups in total. The fourth-order valence-corrected chi connectivity index (χ4v) is 3.19. The Morgan fingerprint density at radius 2 is 1.88 bits per heavy atom. The minimum atomic E-state index is -0.173. The fraction of sp³-hybridized carbons (Fsp3) is 0.278. The lowest BCUT2D eigenvalue weighted by molar-refractivity contribution is -0.119. The third-order valence-corrected chi connectivity index (χ3v) is 5.01. The largest absolute Gasteiger partial charge is 0.497 e. The average molecular weight is 410 g/mol. The van der Waals surface area contributed by atoms with Gasteiger partial charge in [0.15, 0.2) is 0 Å². The van der Waals surface area contributed by atoms with Crippen molar-refractivity contribution in [3.05, 3.63) is 52.5 Å². The molecule has 0 bridgehead atoms. The first-order valence-corrected chi connectivity index (χ1v) is 9.21. The van der Waals surface area contributed by atoms with Gasteiger partial charge in [-0.15, -0.1) is 11.8 Å². The van der Waals surface area contributed by atoms with E-state index in [1.807, 2.05) is 49.4 Å². The Labute approximate surface area is 155 Å². The number of halogens is 1. The maximum Gasteiger partial charge on any atom is 0.230 e. The molecule has 0 spiro atoms. The van der Waals surface area contributed by atoms with E-state index >= 15 is 0 Å². The Balaban J connectivity index is 1.97. The second-order valence-electron chi connectivity index (χ2n) is 5.14. The molecule has 2 rings (SSSR count). The summed E-state index contributed by atoms with van der Waals surface area (Å²) in [5, 5.41) is 3.00. The first-order valence-electron chi connectivity index (χ1n) is 7.43. The summed E-state index contributed by atoms with van der Waals surface area (Å²) in [5.74, 6) is 1.79. The number of ether oxygens (including phenoxy) is 2. The summed E-state index contributed by atoms with van der Waals surface area (Å²) in [7, 11) is 3.23. The summed E-state index contributed by atoms with van der Waals surface area (Å²) in [4.78, 5) is 13.3. The number of nitrogens with one attached hydrogen (secondary N) is 1. The molecule has 2 aromatic carbocycles. The van der Waals surface area contributed by atoms with Crippen molar-refractivity contribution in [1.82, 2.24) is 5.32 Å². The number of rotatable bonds is 7. The van der Waals surface area contributed by atoms with Crippen LogP contribution in [0.2, 0.25) is 0 Å². The fourth-order valence-electron chi connectivity index (χ4n) is 2.22. The Kier molecular flexibility index (Phi) is 6.99. The molecule has 0 unspecified atom stereocenters. The van der Waals surface area contributed by atoms with Gasteiger partial charge in [0.2, 0.25) is 5.91 Å². The van der Waals surface area contributed by atoms with Gasteiger partial charge in [0, 0.05) is 14.9 Å². The van der Waals surface area contributed by atoms with Crippen molar-refractivity contribution >= 4 is 33.6 Å². The Hall–Kier alpha value is -1.66. The van der Waals surface area contributed by atoms with Crippen molar-refractivity contribution in [3.63, 3.8) is 0 Å². The molecule has 4 nitrogen and oxygen atoms in total. The Bertz CT molecular complexity index is 691. The quantitative estimate of drug-likeness (QED) is 0.686. The van der Waals surface area contributed by atoms with Crippen molar-refractivity contribution in [3.8, 4) is 11.5 Å². The van der Waals surface area contributed by atoms with Crippen LogP contribution in [0.15, 0.2) is 51.8 Å². The van der Waals surface area contributed by atoms with Gasteiger partial charge in [-0.3, -0.25) is 4.79 Å². The highest BCUT2D eigenvalue weighted by atomic mass is 79.9. The molecule has 0 aliphatic rings. The molecule has 0 aromatic heterocycles. The van der Waals surface area contributed by atoms with Crippen LogP contribution in [0.4, 0.5) is 0 Å². The maximum absolute atomic E-state index is 12.2. The zero-order chi connectivity index (χ0) is 17.5. The van der Waals surface area contributed by atoms with E-state index in [-0.39, 0.29) is 11.9 Å². The number of carbonyl (C=O) groups excluding carboxylic acids is 1. The highest BCUT2D eigenvalue weighted by Crippen LogP contribution is 2.29. The molecule has 0 heterocycles. The molecule has 24 heavy (non-hydrogen) atoms. The van der Waals surface area contributed by atoms with Crippen molar-refractivity contribution in [2.75, 3.05) is 20.0 Å². The van der Waals surface area contributed by atoms with Crippen LogP contribution in [0.5, 0.6) is 11.5 Å². The summed E-state index contributed by atoms with van der Waals surface area (Å²) >= 11 is 4.90. The topological polar surface area (TPSA) is 47.6 Å². The zero-order valence-electron chi connectivity index (χ0n) is 13.8. The van der Waals surface area contributed by atoms with Gasteiger partial charge in [0.25, 0.3) is 0 Å². The van der Waals surface area contributed by atoms with Gasteiger partial charge in [-0.05, 0) is 49.4 Å². The highest BCUT2D eigenvalue weighted by Gasteiger charge is 2.15. The van der Waals surface area contributed by atoms with Gasteiger partial charge >= 0.3 is 0 Å². The van der Waals surface area contributed by atoms with Crippen molar-refractivity contribution in [1.29, 1.82) is 0 Å². The number of hydrogen-bond acceptors (Lipinski definition) is 4. The van der Waals surface area contributed by atoms with E-state index in [1.165, 1.54) is 11.8 Å². The van der Waals surface area contributed by atoms with Gasteiger partial charge in [-0.1, -0.05) is 15.9 Å². The van der Waals surface area contributed by atoms with Gasteiger partial charge in [0.1, 0.15) is 11.5 Å². The van der Waals surface area contributed by atoms with Crippen LogP contribution in [-0.4, -0.2) is 25.9 Å². The van der Waals surface area contributed by atoms with E-state index in [1.54, 1.807) is 14.2 Å². The summed E-state index contributed by atoms with van der Waals surface area (Å²) in [6, 6.07) is 13.3. The van der Waals surface area contributed by atoms with Crippen LogP contribution in [0.25, 0.3) is 0 Å². The van der Waals surface area contributed by atoms with Crippen LogP contribution < -0.4 is 14.8 Å². The summed E-state index contributed by atoms with van der Waals surface area (Å²) in [6.45, 7) is 1.93. The number of hydrogen-bond donors (Lipinski definition) is 1. The number of carbonyl (C=O) groups is 1. The van der Waals surface area contributed by atoms with Crippen LogP contribution >= 0.6 is 27.7 Å². The van der Waals surface area contributed by atoms with E-state index in [2.05, 4.69) is 21.2 Å². The van der Waals surface area contributed by atoms with Crippen molar-refractivity contribution < 1.29 is 14.3 Å². The van der Waals surface area contributed by atoms with E-state index in [4.69, 9.17) is 9.47 Å². The molecule has 0 aliphatic heterocycles. The molecule has 2 aromatic rings. The molecule has 1 amide bonds. The minimum Gasteiger partial charge on any atom is -0.497 e. The number of amides is 1. The van der Waals surface area contributed by atoms with Gasteiger partial charge in [0.05, 0.1) is 26.0 Å². The second kappa shape index (κ2) is 8.99. The van der Waals surface area contributed by atoms with Crippen molar-refractivity contribution in [2.24, 2.45) is 0 Å². The van der Waals surface area contributed by atoms with E-state index in [0.29, 0.717) is 5.75 Å². The summed E-state index contributed by atoms with van der Waals surface area (Å²) in [5.41, 5.74) is 0.888. The van der Waals surface area contributed by atoms with E-state index in [9.17, 15) is 4.79 Å². The standard InChI is InChI=1S/C18H20BrNO3S/c1-12(16-10-14(22-2)6-9-17(16)23-3)20-18(21)11-24-15-7-4-13(19)5-8-15/h4-10,12H,11H2,1-3H3,(H,20,21)/t12-/m1/s1. The normalized spacial score (nSPS) is 11.7. The molecule has 0 saturated heterocycles. The molecule has 0 aliphatic carbocycles. The summed E-state index contributed by atoms with van der Waals surface area (Å²) in [6.07, 6.45) is 0. The molecule has 0 saturated carbocycles. The lowest BCUT2D eigenvalue weighted by atomic mass is 10.1. The van der Waals surface area contributed by atoms with Gasteiger partial charge < -0.3 is 14.8 Å². The second-order valence-corrected chi connectivity index (χ2v) is 7.10. The lowest BCUT2D eigenvalue weighted by Gasteiger charge is -2.18. The SMILES string of the molecule is COc1ccc(OC)c([C@@H](C)NC(=O)CSc2ccc(Br)cc2)c1. The molecular formula is C18H20BrNO3S. The monoisotopic (exact) mass is 409 g/mol. The predicted octanol–water partition coefficient (Wildman–Crippen LogP) is 4.44. The first-order chi connectivity index (χ1) is 11.5. The van der Waals surface area contributed by atoms with Gasteiger partial charge in [-0.25, -0.2) is 0 Å². The number of benzene rings is 2. The molecule has 1 atom stereocenters. The molecule has 0 fully saturated rings. The molecule has 6 heteroatoms. The Morgan fingerprint density at radius 3 is 2.50 bits per heavy atom. The lowest BCUT2D eigenvalue weighted by Crippen LogP contribution is -2.28. The predicted molar refractivity (Wildman–Crippen MR) is 101 cm³/mol. The van der Waals surface area contributed by atoms with Gasteiger partial charge in [-0.2, -0.15) is 0 Å².